The van der Waals surface area contributed by atoms with Crippen LogP contribution in [0.2, 0.25) is 0 Å². The monoisotopic (exact) mass is 413 g/mol. The molecule has 0 saturated carbocycles. The van der Waals surface area contributed by atoms with Crippen LogP contribution in [0.4, 0.5) is 0 Å². The van der Waals surface area contributed by atoms with Gasteiger partial charge in [-0.15, -0.1) is 11.8 Å². The second-order valence-electron chi connectivity index (χ2n) is 6.61. The number of carboxylic acid groups (broad SMARTS) is 1. The Bertz CT molecular complexity index is 1040. The van der Waals surface area contributed by atoms with Crippen LogP contribution in [-0.4, -0.2) is 33.3 Å². The molecule has 0 bridgehead atoms. The van der Waals surface area contributed by atoms with Gasteiger partial charge in [0, 0.05) is 34.3 Å². The predicted molar refractivity (Wildman–Crippen MR) is 112 cm³/mol. The lowest BCUT2D eigenvalue weighted by Gasteiger charge is -2.08. The number of aliphatic hydroxyl groups is 1. The van der Waals surface area contributed by atoms with E-state index < -0.39 is 5.97 Å². The molecule has 3 rings (SSSR count). The third-order valence-electron chi connectivity index (χ3n) is 4.70. The van der Waals surface area contributed by atoms with E-state index in [4.69, 9.17) is 9.84 Å². The molecule has 0 unspecified atom stereocenters. The largest absolute Gasteiger partial charge is 0.481 e. The van der Waals surface area contributed by atoms with Crippen LogP contribution in [0.15, 0.2) is 47.4 Å². The summed E-state index contributed by atoms with van der Waals surface area (Å²) in [6.45, 7) is 1.96. The lowest BCUT2D eigenvalue weighted by Crippen LogP contribution is -2.08. The van der Waals surface area contributed by atoms with Crippen molar-refractivity contribution in [3.05, 3.63) is 64.8 Å². The maximum Gasteiger partial charge on any atom is 0.340 e. The fraction of sp³-hybridized carbons (Fsp3) is 0.273. The van der Waals surface area contributed by atoms with Crippen molar-refractivity contribution in [3.8, 4) is 0 Å². The fourth-order valence-electron chi connectivity index (χ4n) is 3.27. The van der Waals surface area contributed by atoms with Crippen molar-refractivity contribution in [2.24, 2.45) is 7.05 Å². The fourth-order valence-corrected chi connectivity index (χ4v) is 4.24. The Hall–Kier alpha value is -2.77. The minimum atomic E-state index is -0.859. The lowest BCUT2D eigenvalue weighted by atomic mass is 10.1. The van der Waals surface area contributed by atoms with Gasteiger partial charge in [0.1, 0.15) is 0 Å². The predicted octanol–water partition coefficient (Wildman–Crippen LogP) is 3.77. The summed E-state index contributed by atoms with van der Waals surface area (Å²) in [4.78, 5) is 24.5. The molecule has 0 aliphatic carbocycles. The summed E-state index contributed by atoms with van der Waals surface area (Å²) < 4.78 is 7.27. The molecule has 0 amide bonds. The number of carbonyl (C=O) groups is 2. The van der Waals surface area contributed by atoms with Crippen LogP contribution in [0.3, 0.4) is 0 Å². The summed E-state index contributed by atoms with van der Waals surface area (Å²) in [5, 5.41) is 19.1. The number of aliphatic hydroxyl groups excluding tert-OH is 1. The van der Waals surface area contributed by atoms with Gasteiger partial charge in [-0.1, -0.05) is 18.2 Å². The molecule has 1 aromatic heterocycles. The van der Waals surface area contributed by atoms with E-state index in [-0.39, 0.29) is 25.6 Å². The van der Waals surface area contributed by atoms with E-state index in [2.05, 4.69) is 0 Å². The van der Waals surface area contributed by atoms with Gasteiger partial charge in [0.25, 0.3) is 0 Å². The van der Waals surface area contributed by atoms with Crippen molar-refractivity contribution in [1.82, 2.24) is 4.57 Å². The van der Waals surface area contributed by atoms with Crippen LogP contribution >= 0.6 is 11.8 Å². The van der Waals surface area contributed by atoms with Crippen LogP contribution in [-0.2, 0) is 35.4 Å². The number of benzene rings is 2. The second kappa shape index (κ2) is 9.15. The molecule has 0 radical (unpaired) electrons. The third kappa shape index (κ3) is 4.63. The highest BCUT2D eigenvalue weighted by Crippen LogP contribution is 2.32. The molecule has 3 aromatic rings. The number of thioether (sulfide) groups is 1. The van der Waals surface area contributed by atoms with E-state index in [1.54, 1.807) is 30.8 Å². The number of hydrogen-bond acceptors (Lipinski definition) is 5. The highest BCUT2D eigenvalue weighted by molar-refractivity contribution is 7.98. The number of aliphatic carboxylic acids is 1. The standard InChI is InChI=1S/C22H23NO5S/c1-3-28-22(27)21-17-10-15(12-24)6-9-18(17)23(2)19(21)13-29-16-7-4-14(5-8-16)11-20(25)26/h4-10,24H,3,11-13H2,1-2H3,(H,25,26). The van der Waals surface area contributed by atoms with E-state index in [1.165, 1.54) is 0 Å². The van der Waals surface area contributed by atoms with Crippen molar-refractivity contribution in [2.75, 3.05) is 6.61 Å². The molecule has 2 aromatic carbocycles. The van der Waals surface area contributed by atoms with Gasteiger partial charge >= 0.3 is 11.9 Å². The van der Waals surface area contributed by atoms with Crippen molar-refractivity contribution < 1.29 is 24.5 Å². The average molecular weight is 413 g/mol. The molecule has 0 aliphatic heterocycles. The number of fused-ring (bicyclic) bond motifs is 1. The summed E-state index contributed by atoms with van der Waals surface area (Å²) >= 11 is 1.56. The zero-order valence-electron chi connectivity index (χ0n) is 16.3. The Morgan fingerprint density at radius 2 is 1.79 bits per heavy atom. The highest BCUT2D eigenvalue weighted by Gasteiger charge is 2.22. The number of hydrogen-bond donors (Lipinski definition) is 2. The quantitative estimate of drug-likeness (QED) is 0.432. The Kier molecular flexibility index (Phi) is 6.61. The SMILES string of the molecule is CCOC(=O)c1c(CSc2ccc(CC(=O)O)cc2)n(C)c2ccc(CO)cc12. The number of esters is 1. The first kappa shape index (κ1) is 21.0. The number of aromatic nitrogens is 1. The van der Waals surface area contributed by atoms with Crippen molar-refractivity contribution >= 4 is 34.6 Å². The number of rotatable bonds is 8. The molecule has 2 N–H and O–H groups in total. The average Bonchev–Trinajstić information content (AvgIpc) is 2.98. The Morgan fingerprint density at radius 1 is 1.10 bits per heavy atom. The molecule has 0 fully saturated rings. The summed E-state index contributed by atoms with van der Waals surface area (Å²) in [6.07, 6.45) is -0.00561. The summed E-state index contributed by atoms with van der Waals surface area (Å²) in [5.74, 6) is -0.686. The first-order valence-corrected chi connectivity index (χ1v) is 10.2. The molecular weight excluding hydrogens is 390 g/mol. The normalized spacial score (nSPS) is 11.0. The van der Waals surface area contributed by atoms with E-state index in [9.17, 15) is 14.7 Å². The van der Waals surface area contributed by atoms with Gasteiger partial charge in [-0.25, -0.2) is 4.79 Å². The van der Waals surface area contributed by atoms with E-state index in [1.807, 2.05) is 41.9 Å². The smallest absolute Gasteiger partial charge is 0.340 e. The number of ether oxygens (including phenoxy) is 1. The van der Waals surface area contributed by atoms with Crippen molar-refractivity contribution in [1.29, 1.82) is 0 Å². The van der Waals surface area contributed by atoms with Gasteiger partial charge in [0.05, 0.1) is 25.2 Å². The number of carbonyl (C=O) groups excluding carboxylic acids is 1. The summed E-state index contributed by atoms with van der Waals surface area (Å²) in [5.41, 5.74) is 3.75. The van der Waals surface area contributed by atoms with Gasteiger partial charge in [-0.2, -0.15) is 0 Å². The maximum absolute atomic E-state index is 12.7. The van der Waals surface area contributed by atoms with Crippen LogP contribution < -0.4 is 0 Å². The Morgan fingerprint density at radius 3 is 2.41 bits per heavy atom. The Labute approximate surface area is 173 Å². The van der Waals surface area contributed by atoms with Gasteiger partial charge in [-0.05, 0) is 42.3 Å². The minimum absolute atomic E-state index is 0.00561. The first-order valence-electron chi connectivity index (χ1n) is 9.26. The van der Waals surface area contributed by atoms with E-state index in [0.717, 1.165) is 32.6 Å². The summed E-state index contributed by atoms with van der Waals surface area (Å²) in [7, 11) is 1.91. The zero-order chi connectivity index (χ0) is 21.0. The molecule has 0 atom stereocenters. The van der Waals surface area contributed by atoms with Gasteiger partial charge in [0.15, 0.2) is 0 Å². The molecule has 0 saturated heterocycles. The molecule has 152 valence electrons. The highest BCUT2D eigenvalue weighted by atomic mass is 32.2. The molecule has 29 heavy (non-hydrogen) atoms. The van der Waals surface area contributed by atoms with Crippen LogP contribution in [0.1, 0.15) is 34.1 Å². The van der Waals surface area contributed by atoms with E-state index in [0.29, 0.717) is 11.3 Å². The van der Waals surface area contributed by atoms with Gasteiger partial charge in [0.2, 0.25) is 0 Å². The van der Waals surface area contributed by atoms with Crippen molar-refractivity contribution in [3.63, 3.8) is 0 Å². The summed E-state index contributed by atoms with van der Waals surface area (Å²) in [6, 6.07) is 13.0. The van der Waals surface area contributed by atoms with Crippen LogP contribution in [0, 0.1) is 0 Å². The zero-order valence-corrected chi connectivity index (χ0v) is 17.2. The molecular formula is C22H23NO5S. The molecule has 7 heteroatoms. The van der Waals surface area contributed by atoms with Gasteiger partial charge < -0.3 is 19.5 Å². The number of carboxylic acids is 1. The minimum Gasteiger partial charge on any atom is -0.481 e. The lowest BCUT2D eigenvalue weighted by molar-refractivity contribution is -0.136. The topological polar surface area (TPSA) is 88.8 Å². The van der Waals surface area contributed by atoms with Crippen LogP contribution in [0.5, 0.6) is 0 Å². The van der Waals surface area contributed by atoms with Gasteiger partial charge in [-0.3, -0.25) is 4.79 Å². The molecule has 0 aliphatic rings. The number of aryl methyl sites for hydroxylation is 1. The molecule has 6 nitrogen and oxygen atoms in total. The maximum atomic E-state index is 12.7. The van der Waals surface area contributed by atoms with Crippen molar-refractivity contribution in [2.45, 2.75) is 30.6 Å². The molecule has 0 spiro atoms. The Balaban J connectivity index is 1.93. The first-order chi connectivity index (χ1) is 13.9. The number of nitrogens with zero attached hydrogens (tertiary/aromatic N) is 1. The van der Waals surface area contributed by atoms with Crippen LogP contribution in [0.25, 0.3) is 10.9 Å². The molecule has 1 heterocycles. The third-order valence-corrected chi connectivity index (χ3v) is 5.72. The second-order valence-corrected chi connectivity index (χ2v) is 7.66. The van der Waals surface area contributed by atoms with E-state index >= 15 is 0 Å².